The third-order valence-electron chi connectivity index (χ3n) is 6.92. The van der Waals surface area contributed by atoms with Crippen LogP contribution < -0.4 is 5.32 Å². The van der Waals surface area contributed by atoms with Gasteiger partial charge in [-0.05, 0) is 61.3 Å². The molecule has 7 nitrogen and oxygen atoms in total. The lowest BCUT2D eigenvalue weighted by molar-refractivity contribution is -0.146. The van der Waals surface area contributed by atoms with Crippen molar-refractivity contribution in [3.05, 3.63) is 59.7 Å². The van der Waals surface area contributed by atoms with Gasteiger partial charge in [0.1, 0.15) is 13.2 Å². The van der Waals surface area contributed by atoms with Crippen LogP contribution in [0.3, 0.4) is 0 Å². The van der Waals surface area contributed by atoms with Crippen LogP contribution in [0, 0.1) is 5.92 Å². The van der Waals surface area contributed by atoms with Crippen molar-refractivity contribution in [2.75, 3.05) is 13.2 Å². The molecule has 34 heavy (non-hydrogen) atoms. The summed E-state index contributed by atoms with van der Waals surface area (Å²) in [6.45, 7) is 3.62. The monoisotopic (exact) mass is 464 g/mol. The number of carbonyl (C=O) groups is 3. The Kier molecular flexibility index (Phi) is 7.20. The molecule has 0 radical (unpaired) electrons. The molecule has 2 amide bonds. The van der Waals surface area contributed by atoms with E-state index < -0.39 is 12.1 Å². The highest BCUT2D eigenvalue weighted by atomic mass is 16.5. The van der Waals surface area contributed by atoms with Crippen LogP contribution in [0.1, 0.15) is 56.6 Å². The number of amides is 2. The summed E-state index contributed by atoms with van der Waals surface area (Å²) in [5.74, 6) is -1.02. The number of hydrogen-bond donors (Lipinski definition) is 2. The first-order chi connectivity index (χ1) is 16.3. The molecule has 2 aromatic carbocycles. The third-order valence-corrected chi connectivity index (χ3v) is 6.92. The van der Waals surface area contributed by atoms with E-state index in [2.05, 4.69) is 29.6 Å². The van der Waals surface area contributed by atoms with E-state index in [0.29, 0.717) is 12.8 Å². The van der Waals surface area contributed by atoms with Crippen LogP contribution in [0.15, 0.2) is 48.5 Å². The molecule has 0 aliphatic heterocycles. The molecule has 180 valence electrons. The normalized spacial score (nSPS) is 18.9. The maximum Gasteiger partial charge on any atom is 0.407 e. The van der Waals surface area contributed by atoms with E-state index in [-0.39, 0.29) is 43.0 Å². The average molecular weight is 465 g/mol. The Morgan fingerprint density at radius 3 is 2.24 bits per heavy atom. The predicted molar refractivity (Wildman–Crippen MR) is 128 cm³/mol. The van der Waals surface area contributed by atoms with Gasteiger partial charge in [-0.2, -0.15) is 0 Å². The number of aliphatic carboxylic acids is 1. The summed E-state index contributed by atoms with van der Waals surface area (Å²) < 4.78 is 5.64. The number of carbonyl (C=O) groups excluding carboxylic acids is 2. The number of nitrogens with one attached hydrogen (secondary N) is 1. The van der Waals surface area contributed by atoms with Crippen molar-refractivity contribution >= 4 is 18.0 Å². The first kappa shape index (κ1) is 23.8. The minimum Gasteiger partial charge on any atom is -0.480 e. The van der Waals surface area contributed by atoms with Crippen molar-refractivity contribution in [1.29, 1.82) is 0 Å². The van der Waals surface area contributed by atoms with Crippen molar-refractivity contribution in [3.8, 4) is 11.1 Å². The number of alkyl carbamates (subject to hydrolysis) is 1. The highest BCUT2D eigenvalue weighted by molar-refractivity contribution is 5.82. The molecule has 0 saturated heterocycles. The van der Waals surface area contributed by atoms with Gasteiger partial charge in [-0.3, -0.25) is 9.59 Å². The second kappa shape index (κ2) is 10.3. The van der Waals surface area contributed by atoms with Gasteiger partial charge in [0.2, 0.25) is 5.91 Å². The van der Waals surface area contributed by atoms with Crippen molar-refractivity contribution in [2.24, 2.45) is 5.92 Å². The van der Waals surface area contributed by atoms with Gasteiger partial charge in [-0.1, -0.05) is 48.5 Å². The lowest BCUT2D eigenvalue weighted by Gasteiger charge is -2.26. The van der Waals surface area contributed by atoms with Gasteiger partial charge < -0.3 is 20.1 Å². The largest absolute Gasteiger partial charge is 0.480 e. The molecule has 2 unspecified atom stereocenters. The van der Waals surface area contributed by atoms with Gasteiger partial charge in [-0.15, -0.1) is 0 Å². The van der Waals surface area contributed by atoms with Gasteiger partial charge in [-0.25, -0.2) is 4.79 Å². The summed E-state index contributed by atoms with van der Waals surface area (Å²) in [5, 5.41) is 12.0. The number of carboxylic acid groups (broad SMARTS) is 1. The number of carboxylic acids is 1. The standard InChI is InChI=1S/C27H32N2O5/c1-17(2)29(15-26(31)32)25(30)14-18-11-12-19(13-18)28-27(33)34-16-24-22-9-5-3-7-20(22)21-8-4-6-10-23(21)24/h3-10,17-19,24H,11-16H2,1-2H3,(H,28,33)(H,31,32). The Morgan fingerprint density at radius 2 is 1.65 bits per heavy atom. The number of rotatable bonds is 8. The van der Waals surface area contributed by atoms with Crippen LogP contribution in [0.25, 0.3) is 11.1 Å². The second-order valence-corrected chi connectivity index (χ2v) is 9.56. The third kappa shape index (κ3) is 5.24. The number of hydrogen-bond acceptors (Lipinski definition) is 4. The zero-order valence-electron chi connectivity index (χ0n) is 19.7. The van der Waals surface area contributed by atoms with Crippen molar-refractivity contribution in [2.45, 2.75) is 57.5 Å². The summed E-state index contributed by atoms with van der Waals surface area (Å²) in [7, 11) is 0. The first-order valence-electron chi connectivity index (χ1n) is 12.0. The highest BCUT2D eigenvalue weighted by Crippen LogP contribution is 2.44. The molecule has 2 aliphatic carbocycles. The van der Waals surface area contributed by atoms with E-state index in [0.717, 1.165) is 12.8 Å². The summed E-state index contributed by atoms with van der Waals surface area (Å²) in [6.07, 6.45) is 2.15. The maximum absolute atomic E-state index is 12.6. The Hall–Kier alpha value is -3.35. The molecule has 0 aromatic heterocycles. The SMILES string of the molecule is CC(C)N(CC(=O)O)C(=O)CC1CCC(NC(=O)OCC2c3ccccc3-c3ccccc32)C1. The Balaban J connectivity index is 1.28. The Morgan fingerprint density at radius 1 is 1.03 bits per heavy atom. The van der Waals surface area contributed by atoms with Crippen molar-refractivity contribution in [1.82, 2.24) is 10.2 Å². The van der Waals surface area contributed by atoms with E-state index in [1.807, 2.05) is 38.1 Å². The lowest BCUT2D eigenvalue weighted by atomic mass is 9.98. The van der Waals surface area contributed by atoms with Crippen LogP contribution in [0.2, 0.25) is 0 Å². The maximum atomic E-state index is 12.6. The van der Waals surface area contributed by atoms with Gasteiger partial charge >= 0.3 is 12.1 Å². The molecule has 2 N–H and O–H groups in total. The topological polar surface area (TPSA) is 95.9 Å². The zero-order chi connectivity index (χ0) is 24.2. The van der Waals surface area contributed by atoms with E-state index >= 15 is 0 Å². The molecular weight excluding hydrogens is 432 g/mol. The highest BCUT2D eigenvalue weighted by Gasteiger charge is 2.32. The van der Waals surface area contributed by atoms with Crippen molar-refractivity contribution in [3.63, 3.8) is 0 Å². The molecule has 0 spiro atoms. The van der Waals surface area contributed by atoms with E-state index in [1.54, 1.807) is 0 Å². The van der Waals surface area contributed by atoms with Crippen LogP contribution in [0.5, 0.6) is 0 Å². The van der Waals surface area contributed by atoms with Crippen LogP contribution in [-0.4, -0.2) is 53.2 Å². The molecule has 4 rings (SSSR count). The van der Waals surface area contributed by atoms with Crippen LogP contribution in [0.4, 0.5) is 4.79 Å². The van der Waals surface area contributed by atoms with Crippen LogP contribution in [-0.2, 0) is 14.3 Å². The minimum absolute atomic E-state index is 0.0170. The van der Waals surface area contributed by atoms with Gasteiger partial charge in [0.25, 0.3) is 0 Å². The zero-order valence-corrected chi connectivity index (χ0v) is 19.7. The van der Waals surface area contributed by atoms with E-state index in [1.165, 1.54) is 27.2 Å². The molecule has 1 saturated carbocycles. The van der Waals surface area contributed by atoms with Gasteiger partial charge in [0.05, 0.1) is 0 Å². The number of nitrogens with zero attached hydrogens (tertiary/aromatic N) is 1. The quantitative estimate of drug-likeness (QED) is 0.604. The molecular formula is C27H32N2O5. The first-order valence-corrected chi connectivity index (χ1v) is 12.0. The number of benzene rings is 2. The smallest absolute Gasteiger partial charge is 0.407 e. The summed E-state index contributed by atoms with van der Waals surface area (Å²) in [5.41, 5.74) is 4.72. The summed E-state index contributed by atoms with van der Waals surface area (Å²) in [4.78, 5) is 37.6. The predicted octanol–water partition coefficient (Wildman–Crippen LogP) is 4.41. The minimum atomic E-state index is -1.01. The summed E-state index contributed by atoms with van der Waals surface area (Å²) in [6, 6.07) is 16.2. The molecule has 7 heteroatoms. The van der Waals surface area contributed by atoms with Crippen molar-refractivity contribution < 1.29 is 24.2 Å². The molecule has 0 heterocycles. The van der Waals surface area contributed by atoms with Gasteiger partial charge in [0.15, 0.2) is 0 Å². The number of ether oxygens (including phenoxy) is 1. The lowest BCUT2D eigenvalue weighted by Crippen LogP contribution is -2.41. The molecule has 2 aromatic rings. The Bertz CT molecular complexity index is 1020. The molecule has 2 aliphatic rings. The van der Waals surface area contributed by atoms with E-state index in [4.69, 9.17) is 9.84 Å². The molecule has 2 atom stereocenters. The fourth-order valence-electron chi connectivity index (χ4n) is 5.27. The van der Waals surface area contributed by atoms with E-state index in [9.17, 15) is 14.4 Å². The van der Waals surface area contributed by atoms with Crippen LogP contribution >= 0.6 is 0 Å². The van der Waals surface area contributed by atoms with Gasteiger partial charge in [0, 0.05) is 24.4 Å². The Labute approximate surface area is 200 Å². The molecule has 0 bridgehead atoms. The second-order valence-electron chi connectivity index (χ2n) is 9.56. The fraction of sp³-hybridized carbons (Fsp3) is 0.444. The average Bonchev–Trinajstić information content (AvgIpc) is 3.37. The summed E-state index contributed by atoms with van der Waals surface area (Å²) >= 11 is 0. The number of fused-ring (bicyclic) bond motifs is 3. The molecule has 1 fully saturated rings. The fourth-order valence-corrected chi connectivity index (χ4v) is 5.27.